The third-order valence-corrected chi connectivity index (χ3v) is 3.20. The van der Waals surface area contributed by atoms with Gasteiger partial charge < -0.3 is 15.2 Å². The summed E-state index contributed by atoms with van der Waals surface area (Å²) in [4.78, 5) is 36.4. The molecule has 0 radical (unpaired) electrons. The van der Waals surface area contributed by atoms with E-state index in [0.29, 0.717) is 18.0 Å². The molecule has 1 aromatic carbocycles. The van der Waals surface area contributed by atoms with Crippen molar-refractivity contribution in [3.05, 3.63) is 24.3 Å². The van der Waals surface area contributed by atoms with Crippen LogP contribution >= 0.6 is 0 Å². The molecule has 0 saturated carbocycles. The number of para-hydroxylation sites is 2. The van der Waals surface area contributed by atoms with Gasteiger partial charge in [0.15, 0.2) is 6.10 Å². The molecule has 1 unspecified atom stereocenters. The van der Waals surface area contributed by atoms with E-state index in [0.717, 1.165) is 6.42 Å². The molecular weight excluding hydrogens is 288 g/mol. The van der Waals surface area contributed by atoms with Crippen molar-refractivity contribution in [3.63, 3.8) is 0 Å². The van der Waals surface area contributed by atoms with Crippen molar-refractivity contribution < 1.29 is 24.2 Å². The van der Waals surface area contributed by atoms with E-state index < -0.39 is 24.4 Å². The van der Waals surface area contributed by atoms with Crippen LogP contribution in [0.1, 0.15) is 19.8 Å². The topological polar surface area (TPSA) is 95.9 Å². The molecule has 0 saturated heterocycles. The standard InChI is InChI=1S/C15H18N2O5/c1-2-7-16-13(18)9-17-10-5-3-4-6-11(10)22-12(15(17)21)8-14(19)20/h3-6,12H,2,7-9H2,1H3,(H,16,18)(H,19,20). The van der Waals surface area contributed by atoms with Gasteiger partial charge in [-0.15, -0.1) is 0 Å². The summed E-state index contributed by atoms with van der Waals surface area (Å²) in [5, 5.41) is 11.6. The Balaban J connectivity index is 2.23. The van der Waals surface area contributed by atoms with Gasteiger partial charge in [0.05, 0.1) is 12.1 Å². The number of carbonyl (C=O) groups is 3. The predicted molar refractivity (Wildman–Crippen MR) is 78.8 cm³/mol. The van der Waals surface area contributed by atoms with E-state index in [9.17, 15) is 14.4 Å². The fourth-order valence-electron chi connectivity index (χ4n) is 2.19. The number of ether oxygens (including phenoxy) is 1. The molecule has 1 aliphatic heterocycles. The van der Waals surface area contributed by atoms with Crippen LogP contribution in [0, 0.1) is 0 Å². The fraction of sp³-hybridized carbons (Fsp3) is 0.400. The lowest BCUT2D eigenvalue weighted by atomic mass is 10.1. The van der Waals surface area contributed by atoms with E-state index in [-0.39, 0.29) is 12.5 Å². The highest BCUT2D eigenvalue weighted by Crippen LogP contribution is 2.34. The summed E-state index contributed by atoms with van der Waals surface area (Å²) in [5.74, 6) is -1.54. The molecule has 1 heterocycles. The van der Waals surface area contributed by atoms with Crippen LogP contribution in [-0.2, 0) is 14.4 Å². The minimum atomic E-state index is -1.13. The zero-order valence-corrected chi connectivity index (χ0v) is 12.2. The normalized spacial score (nSPS) is 16.7. The van der Waals surface area contributed by atoms with Crippen LogP contribution < -0.4 is 15.0 Å². The maximum absolute atomic E-state index is 12.4. The fourth-order valence-corrected chi connectivity index (χ4v) is 2.19. The van der Waals surface area contributed by atoms with Crippen molar-refractivity contribution >= 4 is 23.5 Å². The Morgan fingerprint density at radius 3 is 2.77 bits per heavy atom. The van der Waals surface area contributed by atoms with Gasteiger partial charge in [0, 0.05) is 6.54 Å². The lowest BCUT2D eigenvalue weighted by Gasteiger charge is -2.33. The first kappa shape index (κ1) is 15.8. The number of anilines is 1. The van der Waals surface area contributed by atoms with Crippen LogP contribution in [0.25, 0.3) is 0 Å². The second-order valence-electron chi connectivity index (χ2n) is 4.95. The minimum Gasteiger partial charge on any atom is -0.481 e. The van der Waals surface area contributed by atoms with Crippen LogP contribution in [0.15, 0.2) is 24.3 Å². The number of carboxylic acids is 1. The Bertz CT molecular complexity index is 587. The van der Waals surface area contributed by atoms with Gasteiger partial charge in [-0.05, 0) is 18.6 Å². The molecule has 0 bridgehead atoms. The Kier molecular flexibility index (Phi) is 4.98. The van der Waals surface area contributed by atoms with Crippen LogP contribution in [-0.4, -0.2) is 42.1 Å². The Morgan fingerprint density at radius 2 is 2.09 bits per heavy atom. The number of fused-ring (bicyclic) bond motifs is 1. The van der Waals surface area contributed by atoms with Crippen molar-refractivity contribution in [2.45, 2.75) is 25.9 Å². The second kappa shape index (κ2) is 6.93. The molecule has 0 fully saturated rings. The number of benzene rings is 1. The molecule has 0 aliphatic carbocycles. The van der Waals surface area contributed by atoms with Gasteiger partial charge in [0.25, 0.3) is 5.91 Å². The molecule has 7 heteroatoms. The van der Waals surface area contributed by atoms with Gasteiger partial charge in [-0.1, -0.05) is 19.1 Å². The summed E-state index contributed by atoms with van der Waals surface area (Å²) in [6, 6.07) is 6.76. The zero-order valence-electron chi connectivity index (χ0n) is 12.2. The molecular formula is C15H18N2O5. The summed E-state index contributed by atoms with van der Waals surface area (Å²) in [5.41, 5.74) is 0.473. The van der Waals surface area contributed by atoms with Crippen LogP contribution in [0.2, 0.25) is 0 Å². The summed E-state index contributed by atoms with van der Waals surface area (Å²) < 4.78 is 5.44. The van der Waals surface area contributed by atoms with Gasteiger partial charge in [0.2, 0.25) is 5.91 Å². The van der Waals surface area contributed by atoms with Crippen molar-refractivity contribution in [1.82, 2.24) is 5.32 Å². The molecule has 2 rings (SSSR count). The van der Waals surface area contributed by atoms with Crippen molar-refractivity contribution in [2.75, 3.05) is 18.0 Å². The first-order chi connectivity index (χ1) is 10.5. The van der Waals surface area contributed by atoms with Crippen LogP contribution in [0.4, 0.5) is 5.69 Å². The molecule has 22 heavy (non-hydrogen) atoms. The van der Waals surface area contributed by atoms with E-state index in [1.165, 1.54) is 4.90 Å². The van der Waals surface area contributed by atoms with Gasteiger partial charge in [-0.3, -0.25) is 19.3 Å². The Labute approximate surface area is 127 Å². The SMILES string of the molecule is CCCNC(=O)CN1C(=O)C(CC(=O)O)Oc2ccccc21. The molecule has 7 nitrogen and oxygen atoms in total. The lowest BCUT2D eigenvalue weighted by Crippen LogP contribution is -2.50. The first-order valence-electron chi connectivity index (χ1n) is 7.08. The molecule has 2 N–H and O–H groups in total. The number of nitrogens with one attached hydrogen (secondary N) is 1. The molecule has 2 amide bonds. The average Bonchev–Trinajstić information content (AvgIpc) is 2.48. The number of hydrogen-bond acceptors (Lipinski definition) is 4. The molecule has 1 atom stereocenters. The third kappa shape index (κ3) is 3.55. The minimum absolute atomic E-state index is 0.157. The number of carbonyl (C=O) groups excluding carboxylic acids is 2. The lowest BCUT2D eigenvalue weighted by molar-refractivity contribution is -0.142. The Morgan fingerprint density at radius 1 is 1.36 bits per heavy atom. The summed E-state index contributed by atoms with van der Waals surface area (Å²) in [6.07, 6.45) is -0.771. The molecule has 1 aliphatic rings. The highest BCUT2D eigenvalue weighted by Gasteiger charge is 2.36. The number of aliphatic carboxylic acids is 1. The van der Waals surface area contributed by atoms with E-state index in [1.54, 1.807) is 24.3 Å². The first-order valence-corrected chi connectivity index (χ1v) is 7.08. The maximum Gasteiger partial charge on any atom is 0.307 e. The van der Waals surface area contributed by atoms with E-state index in [2.05, 4.69) is 5.32 Å². The number of rotatable bonds is 6. The number of carboxylic acid groups (broad SMARTS) is 1. The summed E-state index contributed by atoms with van der Waals surface area (Å²) in [6.45, 7) is 2.30. The highest BCUT2D eigenvalue weighted by molar-refractivity contribution is 6.04. The van der Waals surface area contributed by atoms with Crippen molar-refractivity contribution in [1.29, 1.82) is 0 Å². The predicted octanol–water partition coefficient (Wildman–Crippen LogP) is 0.782. The van der Waals surface area contributed by atoms with E-state index in [4.69, 9.17) is 9.84 Å². The number of amides is 2. The summed E-state index contributed by atoms with van der Waals surface area (Å²) >= 11 is 0. The quantitative estimate of drug-likeness (QED) is 0.809. The monoisotopic (exact) mass is 306 g/mol. The smallest absolute Gasteiger partial charge is 0.307 e. The molecule has 1 aromatic rings. The number of hydrogen-bond donors (Lipinski definition) is 2. The second-order valence-corrected chi connectivity index (χ2v) is 4.95. The zero-order chi connectivity index (χ0) is 16.1. The van der Waals surface area contributed by atoms with Crippen molar-refractivity contribution in [2.24, 2.45) is 0 Å². The van der Waals surface area contributed by atoms with Crippen LogP contribution in [0.5, 0.6) is 5.75 Å². The maximum atomic E-state index is 12.4. The largest absolute Gasteiger partial charge is 0.481 e. The van der Waals surface area contributed by atoms with Gasteiger partial charge >= 0.3 is 5.97 Å². The highest BCUT2D eigenvalue weighted by atomic mass is 16.5. The number of nitrogens with zero attached hydrogens (tertiary/aromatic N) is 1. The van der Waals surface area contributed by atoms with Gasteiger partial charge in [-0.25, -0.2) is 0 Å². The Hall–Kier alpha value is -2.57. The molecule has 0 aromatic heterocycles. The molecule has 118 valence electrons. The van der Waals surface area contributed by atoms with E-state index >= 15 is 0 Å². The van der Waals surface area contributed by atoms with E-state index in [1.807, 2.05) is 6.92 Å². The van der Waals surface area contributed by atoms with Gasteiger partial charge in [-0.2, -0.15) is 0 Å². The molecule has 0 spiro atoms. The van der Waals surface area contributed by atoms with Gasteiger partial charge in [0.1, 0.15) is 12.3 Å². The summed E-state index contributed by atoms with van der Waals surface area (Å²) in [7, 11) is 0. The van der Waals surface area contributed by atoms with Crippen molar-refractivity contribution in [3.8, 4) is 5.75 Å². The van der Waals surface area contributed by atoms with Crippen LogP contribution in [0.3, 0.4) is 0 Å². The third-order valence-electron chi connectivity index (χ3n) is 3.20. The average molecular weight is 306 g/mol.